The van der Waals surface area contributed by atoms with Gasteiger partial charge in [-0.05, 0) is 12.1 Å². The Bertz CT molecular complexity index is 701. The zero-order valence-corrected chi connectivity index (χ0v) is 9.75. The number of aryl methyl sites for hydroxylation is 1. The third kappa shape index (κ3) is 1.64. The monoisotopic (exact) mass is 248 g/mol. The van der Waals surface area contributed by atoms with Gasteiger partial charge in [-0.3, -0.25) is 0 Å². The number of aromatic amines is 1. The molecular formula is C11H9ClN4O. The zero-order valence-electron chi connectivity index (χ0n) is 8.99. The summed E-state index contributed by atoms with van der Waals surface area (Å²) in [5.74, 6) is 0.920. The minimum Gasteiger partial charge on any atom is -0.441 e. The Morgan fingerprint density at radius 3 is 2.88 bits per heavy atom. The van der Waals surface area contributed by atoms with Crippen molar-refractivity contribution >= 4 is 28.6 Å². The zero-order chi connectivity index (χ0) is 12.0. The summed E-state index contributed by atoms with van der Waals surface area (Å²) < 4.78 is 5.45. The summed E-state index contributed by atoms with van der Waals surface area (Å²) in [6, 6.07) is 5.59. The topological polar surface area (TPSA) is 80.7 Å². The van der Waals surface area contributed by atoms with Crippen molar-refractivity contribution < 1.29 is 4.42 Å². The van der Waals surface area contributed by atoms with Crippen LogP contribution in [-0.2, 0) is 0 Å². The van der Waals surface area contributed by atoms with Gasteiger partial charge in [-0.25, -0.2) is 9.97 Å². The molecule has 0 unspecified atom stereocenters. The Labute approximate surface area is 102 Å². The van der Waals surface area contributed by atoms with Gasteiger partial charge in [0, 0.05) is 12.5 Å². The SMILES string of the molecule is Cc1nc2ccc(-c3nc(N)[nH]c3Cl)cc2o1. The average molecular weight is 249 g/mol. The highest BCUT2D eigenvalue weighted by molar-refractivity contribution is 6.32. The summed E-state index contributed by atoms with van der Waals surface area (Å²) in [5, 5.41) is 0.415. The van der Waals surface area contributed by atoms with Gasteiger partial charge in [0.15, 0.2) is 17.4 Å². The van der Waals surface area contributed by atoms with Gasteiger partial charge < -0.3 is 15.1 Å². The van der Waals surface area contributed by atoms with Crippen LogP contribution in [0.15, 0.2) is 22.6 Å². The van der Waals surface area contributed by atoms with Gasteiger partial charge in [0.05, 0.1) is 0 Å². The van der Waals surface area contributed by atoms with Gasteiger partial charge in [-0.2, -0.15) is 0 Å². The fraction of sp³-hybridized carbons (Fsp3) is 0.0909. The lowest BCUT2D eigenvalue weighted by molar-refractivity contribution is 0.561. The molecule has 3 N–H and O–H groups in total. The Balaban J connectivity index is 2.20. The standard InChI is InChI=1S/C11H9ClN4O/c1-5-14-7-3-2-6(4-8(7)17-5)9-10(12)16-11(13)15-9/h2-4H,1H3,(H3,13,15,16). The fourth-order valence-corrected chi connectivity index (χ4v) is 2.00. The van der Waals surface area contributed by atoms with Crippen LogP contribution in [-0.4, -0.2) is 15.0 Å². The first kappa shape index (κ1) is 10.2. The predicted octanol–water partition coefficient (Wildman–Crippen LogP) is 2.76. The molecule has 0 fully saturated rings. The average Bonchev–Trinajstić information content (AvgIpc) is 2.78. The van der Waals surface area contributed by atoms with Crippen LogP contribution in [0.2, 0.25) is 5.15 Å². The summed E-state index contributed by atoms with van der Waals surface area (Å²) in [6.45, 7) is 1.80. The van der Waals surface area contributed by atoms with Crippen molar-refractivity contribution in [2.45, 2.75) is 6.92 Å². The van der Waals surface area contributed by atoms with Crippen LogP contribution in [0, 0.1) is 6.92 Å². The molecule has 0 amide bonds. The quantitative estimate of drug-likeness (QED) is 0.694. The second-order valence-corrected chi connectivity index (χ2v) is 4.08. The van der Waals surface area contributed by atoms with Gasteiger partial charge in [0.25, 0.3) is 0 Å². The molecule has 0 aliphatic rings. The van der Waals surface area contributed by atoms with Crippen LogP contribution in [0.4, 0.5) is 5.95 Å². The first-order chi connectivity index (χ1) is 8.13. The van der Waals surface area contributed by atoms with Crippen molar-refractivity contribution in [2.75, 3.05) is 5.73 Å². The number of nitrogens with zero attached hydrogens (tertiary/aromatic N) is 2. The number of benzene rings is 1. The van der Waals surface area contributed by atoms with Gasteiger partial charge in [-0.1, -0.05) is 17.7 Å². The summed E-state index contributed by atoms with van der Waals surface area (Å²) >= 11 is 5.99. The van der Waals surface area contributed by atoms with E-state index in [1.54, 1.807) is 6.92 Å². The summed E-state index contributed by atoms with van der Waals surface area (Å²) in [5.41, 5.74) is 8.51. The van der Waals surface area contributed by atoms with E-state index in [-0.39, 0.29) is 0 Å². The smallest absolute Gasteiger partial charge is 0.199 e. The maximum absolute atomic E-state index is 5.99. The molecule has 2 aromatic heterocycles. The molecule has 1 aromatic carbocycles. The van der Waals surface area contributed by atoms with E-state index in [2.05, 4.69) is 15.0 Å². The molecule has 5 nitrogen and oxygen atoms in total. The molecule has 0 radical (unpaired) electrons. The summed E-state index contributed by atoms with van der Waals surface area (Å²) in [7, 11) is 0. The number of aromatic nitrogens is 3. The molecule has 0 saturated carbocycles. The summed E-state index contributed by atoms with van der Waals surface area (Å²) in [4.78, 5) is 11.1. The number of H-pyrrole nitrogens is 1. The minimum absolute atomic E-state index is 0.291. The van der Waals surface area contributed by atoms with Crippen molar-refractivity contribution in [2.24, 2.45) is 0 Å². The van der Waals surface area contributed by atoms with Gasteiger partial charge in [0.2, 0.25) is 0 Å². The molecule has 6 heteroatoms. The van der Waals surface area contributed by atoms with Gasteiger partial charge in [0.1, 0.15) is 16.4 Å². The lowest BCUT2D eigenvalue weighted by atomic mass is 10.1. The van der Waals surface area contributed by atoms with Crippen LogP contribution in [0.3, 0.4) is 0 Å². The van der Waals surface area contributed by atoms with Gasteiger partial charge >= 0.3 is 0 Å². The number of hydrogen-bond donors (Lipinski definition) is 2. The molecule has 0 spiro atoms. The Morgan fingerprint density at radius 1 is 1.35 bits per heavy atom. The molecule has 0 aliphatic heterocycles. The third-order valence-electron chi connectivity index (χ3n) is 2.45. The van der Waals surface area contributed by atoms with E-state index in [1.165, 1.54) is 0 Å². The van der Waals surface area contributed by atoms with Crippen LogP contribution >= 0.6 is 11.6 Å². The maximum atomic E-state index is 5.99. The molecule has 2 heterocycles. The molecule has 0 bridgehead atoms. The van der Waals surface area contributed by atoms with Gasteiger partial charge in [-0.15, -0.1) is 0 Å². The first-order valence-electron chi connectivity index (χ1n) is 5.02. The third-order valence-corrected chi connectivity index (χ3v) is 2.72. The highest BCUT2D eigenvalue weighted by Gasteiger charge is 2.11. The first-order valence-corrected chi connectivity index (χ1v) is 5.40. The van der Waals surface area contributed by atoms with Crippen molar-refractivity contribution in [3.05, 3.63) is 29.2 Å². The second kappa shape index (κ2) is 3.49. The second-order valence-electron chi connectivity index (χ2n) is 3.70. The molecular weight excluding hydrogens is 240 g/mol. The van der Waals surface area contributed by atoms with E-state index < -0.39 is 0 Å². The van der Waals surface area contributed by atoms with Crippen LogP contribution in [0.1, 0.15) is 5.89 Å². The number of anilines is 1. The van der Waals surface area contributed by atoms with Crippen LogP contribution in [0.5, 0.6) is 0 Å². The van der Waals surface area contributed by atoms with Crippen molar-refractivity contribution in [1.82, 2.24) is 15.0 Å². The summed E-state index contributed by atoms with van der Waals surface area (Å²) in [6.07, 6.45) is 0. The Morgan fingerprint density at radius 2 is 2.18 bits per heavy atom. The van der Waals surface area contributed by atoms with E-state index in [9.17, 15) is 0 Å². The van der Waals surface area contributed by atoms with E-state index >= 15 is 0 Å². The minimum atomic E-state index is 0.291. The largest absolute Gasteiger partial charge is 0.441 e. The number of fused-ring (bicyclic) bond motifs is 1. The van der Waals surface area contributed by atoms with Crippen molar-refractivity contribution in [3.8, 4) is 11.3 Å². The van der Waals surface area contributed by atoms with E-state index in [1.807, 2.05) is 18.2 Å². The normalized spacial score (nSPS) is 11.2. The highest BCUT2D eigenvalue weighted by Crippen LogP contribution is 2.29. The van der Waals surface area contributed by atoms with E-state index in [0.717, 1.165) is 11.1 Å². The lowest BCUT2D eigenvalue weighted by Gasteiger charge is -1.96. The molecule has 3 rings (SSSR count). The lowest BCUT2D eigenvalue weighted by Crippen LogP contribution is -1.85. The van der Waals surface area contributed by atoms with Crippen molar-refractivity contribution in [3.63, 3.8) is 0 Å². The van der Waals surface area contributed by atoms with Crippen LogP contribution < -0.4 is 5.73 Å². The van der Waals surface area contributed by atoms with E-state index in [0.29, 0.717) is 28.3 Å². The number of nitrogens with two attached hydrogens (primary N) is 1. The molecule has 17 heavy (non-hydrogen) atoms. The molecule has 3 aromatic rings. The number of oxazole rings is 1. The highest BCUT2D eigenvalue weighted by atomic mass is 35.5. The van der Waals surface area contributed by atoms with Crippen LogP contribution in [0.25, 0.3) is 22.4 Å². The number of nitrogen functional groups attached to an aromatic ring is 1. The number of nitrogens with one attached hydrogen (secondary N) is 1. The van der Waals surface area contributed by atoms with E-state index in [4.69, 9.17) is 21.8 Å². The fourth-order valence-electron chi connectivity index (χ4n) is 1.75. The molecule has 0 saturated heterocycles. The number of rotatable bonds is 1. The molecule has 86 valence electrons. The Kier molecular flexibility index (Phi) is 2.09. The Hall–Kier alpha value is -2.01. The number of hydrogen-bond acceptors (Lipinski definition) is 4. The maximum Gasteiger partial charge on any atom is 0.199 e. The van der Waals surface area contributed by atoms with Crippen molar-refractivity contribution in [1.29, 1.82) is 0 Å². The predicted molar refractivity (Wildman–Crippen MR) is 65.8 cm³/mol. The molecule has 0 aliphatic carbocycles. The number of imidazole rings is 1. The molecule has 0 atom stereocenters. The number of halogens is 1.